The van der Waals surface area contributed by atoms with Gasteiger partial charge in [0.05, 0.1) is 37.1 Å². The number of fused-ring (bicyclic) bond motifs is 3. The van der Waals surface area contributed by atoms with E-state index in [0.717, 1.165) is 17.5 Å². The molecule has 8 N–H and O–H groups in total. The number of nitrogens with two attached hydrogens (primary N) is 1. The van der Waals surface area contributed by atoms with Crippen molar-refractivity contribution >= 4 is 43.7 Å². The van der Waals surface area contributed by atoms with Gasteiger partial charge in [-0.15, -0.1) is 0 Å². The Hall–Kier alpha value is -2.13. The second-order valence-electron chi connectivity index (χ2n) is 12.0. The fraction of sp³-hybridized carbons (Fsp3) is 0.444. The second-order valence-corrected chi connectivity index (χ2v) is 15.0. The molecule has 2 aromatic heterocycles. The van der Waals surface area contributed by atoms with Gasteiger partial charge >= 0.3 is 64.8 Å². The first kappa shape index (κ1) is 45.6. The normalized spacial score (nSPS) is 22.4. The maximum Gasteiger partial charge on any atom is 1.00 e. The van der Waals surface area contributed by atoms with Crippen LogP contribution in [0.15, 0.2) is 34.4 Å². The van der Waals surface area contributed by atoms with E-state index in [2.05, 4.69) is 38.3 Å². The fourth-order valence-corrected chi connectivity index (χ4v) is 7.56. The number of aromatic amines is 1. The summed E-state index contributed by atoms with van der Waals surface area (Å²) in [7, 11) is -11.6. The van der Waals surface area contributed by atoms with Crippen molar-refractivity contribution in [3.8, 4) is 11.5 Å². The van der Waals surface area contributed by atoms with E-state index in [1.165, 1.54) is 15.5 Å². The topological polar surface area (TPSA) is 369 Å². The number of rotatable bonds is 13. The number of anilines is 1. The molecule has 5 heterocycles. The Balaban J connectivity index is 0.00000336. The zero-order chi connectivity index (χ0) is 38.6. The van der Waals surface area contributed by atoms with E-state index >= 15 is 0 Å². The molecule has 0 aliphatic carbocycles. The summed E-state index contributed by atoms with van der Waals surface area (Å²) in [6.45, 7) is 0.570. The second kappa shape index (κ2) is 17.8. The summed E-state index contributed by atoms with van der Waals surface area (Å²) < 4.78 is 45.7. The van der Waals surface area contributed by atoms with Crippen LogP contribution in [0.4, 0.5) is 5.82 Å². The number of hydrogen-bond donors (Lipinski definition) is 7. The van der Waals surface area contributed by atoms with Crippen LogP contribution < -0.4 is 85.9 Å². The van der Waals surface area contributed by atoms with Crippen molar-refractivity contribution in [1.82, 2.24) is 39.0 Å². The minimum atomic E-state index is -5.85. The minimum absolute atomic E-state index is 0. The summed E-state index contributed by atoms with van der Waals surface area (Å²) in [5, 5.41) is 52.9. The number of aryl methyl sites for hydroxylation is 2. The zero-order valence-electron chi connectivity index (χ0n) is 29.4. The Bertz CT molecular complexity index is 2370. The number of nitrogens with zero attached hydrogens (tertiary/aromatic N) is 7. The van der Waals surface area contributed by atoms with Crippen molar-refractivity contribution in [3.05, 3.63) is 56.8 Å². The smallest absolute Gasteiger partial charge is 0.756 e. The number of phosphoric acid groups is 2. The number of aromatic nitrogens is 8. The summed E-state index contributed by atoms with van der Waals surface area (Å²) in [6.07, 6.45) is -10.3. The van der Waals surface area contributed by atoms with Gasteiger partial charge in [-0.3, -0.25) is 23.5 Å². The average molecular weight is 830 g/mol. The molecular weight excluding hydrogens is 798 g/mol. The molecule has 1 aromatic carbocycles. The van der Waals surface area contributed by atoms with Gasteiger partial charge in [-0.05, 0) is 37.1 Å². The van der Waals surface area contributed by atoms with Gasteiger partial charge in [0.1, 0.15) is 48.5 Å². The molecule has 286 valence electrons. The van der Waals surface area contributed by atoms with E-state index < -0.39 is 89.5 Å². The first-order chi connectivity index (χ1) is 24.9. The molecule has 3 aromatic rings. The third-order valence-corrected chi connectivity index (χ3v) is 10.9. The van der Waals surface area contributed by atoms with Crippen molar-refractivity contribution in [3.63, 3.8) is 0 Å². The molecule has 0 saturated carbocycles. The molecule has 55 heavy (non-hydrogen) atoms. The predicted molar refractivity (Wildman–Crippen MR) is 172 cm³/mol. The average Bonchev–Trinajstić information content (AvgIpc) is 3.63. The van der Waals surface area contributed by atoms with Crippen molar-refractivity contribution in [2.45, 2.75) is 63.2 Å². The molecule has 0 spiro atoms. The van der Waals surface area contributed by atoms with Crippen LogP contribution in [0.25, 0.3) is 33.7 Å². The van der Waals surface area contributed by atoms with Crippen LogP contribution >= 0.6 is 15.6 Å². The van der Waals surface area contributed by atoms with Crippen LogP contribution in [0, 0.1) is 13.8 Å². The molecule has 1 saturated heterocycles. The van der Waals surface area contributed by atoms with Crippen molar-refractivity contribution in [1.29, 1.82) is 0 Å². The number of aliphatic hydroxyl groups is 5. The van der Waals surface area contributed by atoms with Crippen molar-refractivity contribution in [2.75, 3.05) is 18.9 Å². The quantitative estimate of drug-likeness (QED) is 0.0329. The molecule has 1 fully saturated rings. The number of imidazole rings is 1. The van der Waals surface area contributed by atoms with Gasteiger partial charge in [-0.1, -0.05) is 0 Å². The fourth-order valence-electron chi connectivity index (χ4n) is 5.54. The van der Waals surface area contributed by atoms with Crippen LogP contribution in [0.1, 0.15) is 17.4 Å². The van der Waals surface area contributed by atoms with Crippen LogP contribution in [-0.4, -0.2) is 114 Å². The van der Waals surface area contributed by atoms with Gasteiger partial charge in [-0.25, -0.2) is 29.0 Å². The largest absolute Gasteiger partial charge is 1.00 e. The molecule has 0 amide bonds. The minimum Gasteiger partial charge on any atom is -0.756 e. The van der Waals surface area contributed by atoms with Crippen LogP contribution in [0.3, 0.4) is 0 Å². The van der Waals surface area contributed by atoms with Gasteiger partial charge in [0, 0.05) is 0 Å². The maximum absolute atomic E-state index is 12.5. The van der Waals surface area contributed by atoms with Crippen molar-refractivity contribution in [2.24, 2.45) is 0 Å². The van der Waals surface area contributed by atoms with Crippen LogP contribution in [-0.2, 0) is 33.8 Å². The molecule has 24 nitrogen and oxygen atoms in total. The molecule has 3 aliphatic heterocycles. The van der Waals surface area contributed by atoms with Crippen molar-refractivity contribution < 1.29 is 122 Å². The number of hydrogen-bond acceptors (Lipinski definition) is 21. The maximum atomic E-state index is 12.5. The third-order valence-electron chi connectivity index (χ3n) is 8.38. The van der Waals surface area contributed by atoms with Gasteiger partial charge in [0.15, 0.2) is 29.2 Å². The van der Waals surface area contributed by atoms with E-state index in [0.29, 0.717) is 0 Å². The Labute approximate surface area is 352 Å². The number of nitrogens with one attached hydrogen (secondary N) is 1. The molecule has 9 atom stereocenters. The summed E-state index contributed by atoms with van der Waals surface area (Å²) in [6, 6.07) is 3.27. The third kappa shape index (κ3) is 9.78. The molecule has 3 aliphatic rings. The molecule has 0 bridgehead atoms. The standard InChI is InChI=1S/C27H33N9O15P2.2Na/c1-10-3-12-13(4-11(10)2)35(24-18(32-12)25(42)34-27(43)33-24)5-14(37)19(39)15(38)6-48-52(44,45)51-53(46,47)49-7-16-20(40)21(41)26(50-16)36-9-31-17-22(28)29-8-30-23(17)36;;/h3-4,8-9,14-16,19-21,26,37-41H,5-7H2,1-2H3,(H,44,45)(H,46,47)(H2,28,29,30)(H,34,42,43);;/q;2*+1/p-2/t14?,15?,16-,19?,20-,21-,26?;;/m1../s1. The monoisotopic (exact) mass is 829 g/mol. The number of ether oxygens (including phenoxy) is 1. The van der Waals surface area contributed by atoms with Gasteiger partial charge < -0.3 is 59.4 Å². The molecular formula is C27H31N9Na2O15P2. The van der Waals surface area contributed by atoms with E-state index in [9.17, 15) is 54.0 Å². The Morgan fingerprint density at radius 1 is 0.982 bits per heavy atom. The number of H-pyrrole nitrogens is 1. The van der Waals surface area contributed by atoms with E-state index in [-0.39, 0.29) is 98.6 Å². The van der Waals surface area contributed by atoms with Gasteiger partial charge in [0.2, 0.25) is 0 Å². The van der Waals surface area contributed by atoms with Crippen LogP contribution in [0.5, 0.6) is 0 Å². The van der Waals surface area contributed by atoms with Gasteiger partial charge in [-0.2, -0.15) is 4.98 Å². The SMILES string of the molecule is Cc1cc2nc3c(=O)[nH]c(=O)nc-3n(CC(O)C(O)C(O)COP(=O)([O-])OP(=O)([O-])OC[C@H]3OC(n4cnc5c(N)ncnc54)[C@H](O)[C@@H]3O)c2cc1C.[Na+].[Na+]. The molecule has 6 rings (SSSR count). The summed E-state index contributed by atoms with van der Waals surface area (Å²) >= 11 is 0. The number of phosphoric ester groups is 2. The van der Waals surface area contributed by atoms with E-state index in [4.69, 9.17) is 10.5 Å². The van der Waals surface area contributed by atoms with E-state index in [1.54, 1.807) is 26.0 Å². The Morgan fingerprint density at radius 2 is 1.65 bits per heavy atom. The molecule has 6 unspecified atom stereocenters. The summed E-state index contributed by atoms with van der Waals surface area (Å²) in [5.41, 5.74) is 5.97. The molecule has 0 radical (unpaired) electrons. The Morgan fingerprint density at radius 3 is 2.36 bits per heavy atom. The zero-order valence-corrected chi connectivity index (χ0v) is 35.2. The first-order valence-corrected chi connectivity index (χ1v) is 18.3. The molecule has 28 heteroatoms. The Kier molecular flexibility index (Phi) is 14.7. The number of aliphatic hydroxyl groups excluding tert-OH is 5. The summed E-state index contributed by atoms with van der Waals surface area (Å²) in [4.78, 5) is 71.1. The summed E-state index contributed by atoms with van der Waals surface area (Å²) in [5.74, 6) is -0.243. The van der Waals surface area contributed by atoms with Gasteiger partial charge in [0.25, 0.3) is 21.2 Å². The number of nitrogen functional groups attached to an aromatic ring is 1. The van der Waals surface area contributed by atoms with Crippen LogP contribution in [0.2, 0.25) is 0 Å². The first-order valence-electron chi connectivity index (χ1n) is 15.4. The van der Waals surface area contributed by atoms with E-state index in [1.807, 2.05) is 4.98 Å². The predicted octanol–water partition coefficient (Wildman–Crippen LogP) is -9.68. The number of benzene rings is 1.